The molecule has 2 aromatic carbocycles. The third-order valence-corrected chi connectivity index (χ3v) is 4.46. The Morgan fingerprint density at radius 2 is 2.00 bits per heavy atom. The number of ether oxygens (including phenoxy) is 2. The van der Waals surface area contributed by atoms with Crippen LogP contribution in [0.2, 0.25) is 0 Å². The number of aromatic nitrogens is 2. The first-order valence-electron chi connectivity index (χ1n) is 9.35. The number of methoxy groups -OCH3 is 1. The van der Waals surface area contributed by atoms with Gasteiger partial charge in [-0.25, -0.2) is 9.37 Å². The minimum atomic E-state index is -0.401. The summed E-state index contributed by atoms with van der Waals surface area (Å²) in [5.74, 6) is 1.41. The average Bonchev–Trinajstić information content (AvgIpc) is 3.15. The third kappa shape index (κ3) is 5.57. The van der Waals surface area contributed by atoms with Gasteiger partial charge in [-0.1, -0.05) is 18.2 Å². The molecule has 6 nitrogen and oxygen atoms in total. The summed E-state index contributed by atoms with van der Waals surface area (Å²) in [6, 6.07) is 13.1. The van der Waals surface area contributed by atoms with Gasteiger partial charge in [-0.15, -0.1) is 0 Å². The summed E-state index contributed by atoms with van der Waals surface area (Å²) >= 11 is 0. The van der Waals surface area contributed by atoms with Crippen molar-refractivity contribution in [2.24, 2.45) is 7.05 Å². The molecule has 1 N–H and O–H groups in total. The molecule has 152 valence electrons. The van der Waals surface area contributed by atoms with Crippen molar-refractivity contribution in [3.63, 3.8) is 0 Å². The lowest BCUT2D eigenvalue weighted by Crippen LogP contribution is -2.31. The lowest BCUT2D eigenvalue weighted by Gasteiger charge is -2.20. The number of hydrogen-bond donors (Lipinski definition) is 1. The maximum Gasteiger partial charge on any atom is 0.220 e. The van der Waals surface area contributed by atoms with Gasteiger partial charge in [0, 0.05) is 31.9 Å². The summed E-state index contributed by atoms with van der Waals surface area (Å²) in [6.45, 7) is 0.323. The molecule has 0 radical (unpaired) electrons. The van der Waals surface area contributed by atoms with E-state index in [1.807, 2.05) is 42.1 Å². The van der Waals surface area contributed by atoms with Crippen molar-refractivity contribution in [2.45, 2.75) is 18.9 Å². The standard InChI is InChI=1S/C22H24FN3O3/c1-26-12-11-24-22(26)21(16-6-3-8-18(14-16)28-2)25-20(27)10-5-13-29-19-9-4-7-17(23)15-19/h3-4,6-9,11-12,14-15,21H,5,10,13H2,1-2H3,(H,25,27). The molecule has 0 saturated heterocycles. The van der Waals surface area contributed by atoms with E-state index in [0.29, 0.717) is 24.5 Å². The summed E-state index contributed by atoms with van der Waals surface area (Å²) in [4.78, 5) is 17.0. The summed E-state index contributed by atoms with van der Waals surface area (Å²) < 4.78 is 25.8. The van der Waals surface area contributed by atoms with Crippen molar-refractivity contribution >= 4 is 5.91 Å². The second kappa shape index (κ2) is 9.73. The fraction of sp³-hybridized carbons (Fsp3) is 0.273. The Hall–Kier alpha value is -3.35. The Labute approximate surface area is 169 Å². The van der Waals surface area contributed by atoms with Gasteiger partial charge in [-0.05, 0) is 36.2 Å². The summed E-state index contributed by atoms with van der Waals surface area (Å²) in [6.07, 6.45) is 4.32. The summed E-state index contributed by atoms with van der Waals surface area (Å²) in [5, 5.41) is 3.04. The van der Waals surface area contributed by atoms with Gasteiger partial charge in [0.25, 0.3) is 0 Å². The van der Waals surface area contributed by atoms with E-state index < -0.39 is 6.04 Å². The van der Waals surface area contributed by atoms with Gasteiger partial charge in [-0.3, -0.25) is 4.79 Å². The predicted octanol–water partition coefficient (Wildman–Crippen LogP) is 3.63. The van der Waals surface area contributed by atoms with Gasteiger partial charge in [-0.2, -0.15) is 0 Å². The van der Waals surface area contributed by atoms with Crippen LogP contribution in [0.5, 0.6) is 11.5 Å². The Bertz CT molecular complexity index is 958. The molecule has 29 heavy (non-hydrogen) atoms. The van der Waals surface area contributed by atoms with Crippen molar-refractivity contribution in [1.29, 1.82) is 0 Å². The summed E-state index contributed by atoms with van der Waals surface area (Å²) in [7, 11) is 3.49. The number of carbonyl (C=O) groups excluding carboxylic acids is 1. The first-order chi connectivity index (χ1) is 14.1. The highest BCUT2D eigenvalue weighted by molar-refractivity contribution is 5.76. The lowest BCUT2D eigenvalue weighted by molar-refractivity contribution is -0.121. The molecule has 0 aliphatic carbocycles. The maximum absolute atomic E-state index is 13.2. The van der Waals surface area contributed by atoms with E-state index in [9.17, 15) is 9.18 Å². The zero-order valence-electron chi connectivity index (χ0n) is 16.5. The van der Waals surface area contributed by atoms with Crippen molar-refractivity contribution in [3.8, 4) is 11.5 Å². The van der Waals surface area contributed by atoms with Crippen LogP contribution in [0.4, 0.5) is 4.39 Å². The number of aryl methyl sites for hydroxylation is 1. The van der Waals surface area contributed by atoms with Crippen LogP contribution in [0.1, 0.15) is 30.3 Å². The predicted molar refractivity (Wildman–Crippen MR) is 107 cm³/mol. The molecule has 3 aromatic rings. The van der Waals surface area contributed by atoms with E-state index >= 15 is 0 Å². The van der Waals surface area contributed by atoms with Crippen molar-refractivity contribution in [1.82, 2.24) is 14.9 Å². The normalized spacial score (nSPS) is 11.7. The molecule has 1 atom stereocenters. The first kappa shape index (κ1) is 20.4. The highest BCUT2D eigenvalue weighted by atomic mass is 19.1. The van der Waals surface area contributed by atoms with Crippen LogP contribution < -0.4 is 14.8 Å². The van der Waals surface area contributed by atoms with Crippen LogP contribution in [-0.4, -0.2) is 29.2 Å². The van der Waals surface area contributed by atoms with Crippen LogP contribution in [0.15, 0.2) is 60.9 Å². The molecule has 0 spiro atoms. The number of benzene rings is 2. The number of carbonyl (C=O) groups is 1. The van der Waals surface area contributed by atoms with Gasteiger partial charge in [0.05, 0.1) is 13.7 Å². The minimum absolute atomic E-state index is 0.122. The number of hydrogen-bond acceptors (Lipinski definition) is 4. The molecule has 3 rings (SSSR count). The van der Waals surface area contributed by atoms with Crippen LogP contribution in [-0.2, 0) is 11.8 Å². The molecule has 1 aromatic heterocycles. The Kier molecular flexibility index (Phi) is 6.84. The van der Waals surface area contributed by atoms with Crippen LogP contribution in [0.3, 0.4) is 0 Å². The monoisotopic (exact) mass is 397 g/mol. The topological polar surface area (TPSA) is 65.4 Å². The van der Waals surface area contributed by atoms with Gasteiger partial charge < -0.3 is 19.4 Å². The minimum Gasteiger partial charge on any atom is -0.497 e. The van der Waals surface area contributed by atoms with E-state index in [4.69, 9.17) is 9.47 Å². The van der Waals surface area contributed by atoms with Gasteiger partial charge >= 0.3 is 0 Å². The van der Waals surface area contributed by atoms with E-state index in [1.165, 1.54) is 12.1 Å². The smallest absolute Gasteiger partial charge is 0.220 e. The molecule has 1 unspecified atom stereocenters. The van der Waals surface area contributed by atoms with Gasteiger partial charge in [0.2, 0.25) is 5.91 Å². The van der Waals surface area contributed by atoms with E-state index in [2.05, 4.69) is 10.3 Å². The molecule has 7 heteroatoms. The second-order valence-corrected chi connectivity index (χ2v) is 6.58. The largest absolute Gasteiger partial charge is 0.497 e. The number of nitrogens with one attached hydrogen (secondary N) is 1. The molecular formula is C22H24FN3O3. The zero-order chi connectivity index (χ0) is 20.6. The van der Waals surface area contributed by atoms with Gasteiger partial charge in [0.1, 0.15) is 29.2 Å². The second-order valence-electron chi connectivity index (χ2n) is 6.58. The van der Waals surface area contributed by atoms with Crippen LogP contribution in [0, 0.1) is 5.82 Å². The van der Waals surface area contributed by atoms with Crippen LogP contribution in [0.25, 0.3) is 0 Å². The number of rotatable bonds is 9. The molecule has 0 aliphatic heterocycles. The molecule has 0 aliphatic rings. The number of imidazole rings is 1. The van der Waals surface area contributed by atoms with E-state index in [1.54, 1.807) is 25.4 Å². The lowest BCUT2D eigenvalue weighted by atomic mass is 10.1. The number of amides is 1. The highest BCUT2D eigenvalue weighted by Crippen LogP contribution is 2.24. The fourth-order valence-corrected chi connectivity index (χ4v) is 2.99. The SMILES string of the molecule is COc1cccc(C(NC(=O)CCCOc2cccc(F)c2)c2nccn2C)c1. The van der Waals surface area contributed by atoms with E-state index in [0.717, 1.165) is 11.4 Å². The highest BCUT2D eigenvalue weighted by Gasteiger charge is 2.21. The molecule has 0 saturated carbocycles. The van der Waals surface area contributed by atoms with Gasteiger partial charge in [0.15, 0.2) is 0 Å². The maximum atomic E-state index is 13.2. The third-order valence-electron chi connectivity index (χ3n) is 4.46. The van der Waals surface area contributed by atoms with Crippen molar-refractivity contribution in [3.05, 3.63) is 78.1 Å². The molecule has 1 heterocycles. The molecule has 0 fully saturated rings. The van der Waals surface area contributed by atoms with Crippen molar-refractivity contribution < 1.29 is 18.7 Å². The average molecular weight is 397 g/mol. The number of nitrogens with zero attached hydrogens (tertiary/aromatic N) is 2. The van der Waals surface area contributed by atoms with E-state index in [-0.39, 0.29) is 18.1 Å². The Morgan fingerprint density at radius 1 is 1.21 bits per heavy atom. The molecular weight excluding hydrogens is 373 g/mol. The summed E-state index contributed by atoms with van der Waals surface area (Å²) in [5.41, 5.74) is 0.878. The fourth-order valence-electron chi connectivity index (χ4n) is 2.99. The molecule has 0 bridgehead atoms. The zero-order valence-corrected chi connectivity index (χ0v) is 16.5. The Balaban J connectivity index is 1.61. The Morgan fingerprint density at radius 3 is 2.72 bits per heavy atom. The van der Waals surface area contributed by atoms with Crippen LogP contribution >= 0.6 is 0 Å². The quantitative estimate of drug-likeness (QED) is 0.560. The first-order valence-corrected chi connectivity index (χ1v) is 9.35. The number of halogens is 1. The van der Waals surface area contributed by atoms with Crippen molar-refractivity contribution in [2.75, 3.05) is 13.7 Å². The molecule has 1 amide bonds.